The van der Waals surface area contributed by atoms with Crippen LogP contribution in [0.25, 0.3) is 0 Å². The molecule has 1 saturated carbocycles. The first-order valence-electron chi connectivity index (χ1n) is 8.32. The van der Waals surface area contributed by atoms with Crippen LogP contribution < -0.4 is 0 Å². The van der Waals surface area contributed by atoms with Crippen molar-refractivity contribution in [3.63, 3.8) is 0 Å². The fourth-order valence-corrected chi connectivity index (χ4v) is 3.52. The maximum absolute atomic E-state index is 12.6. The molecule has 1 heterocycles. The highest BCUT2D eigenvalue weighted by Gasteiger charge is 2.44. The lowest BCUT2D eigenvalue weighted by Crippen LogP contribution is -2.48. The smallest absolute Gasteiger partial charge is 0.342 e. The summed E-state index contributed by atoms with van der Waals surface area (Å²) in [6.45, 7) is 3.74. The number of hydrogen-bond acceptors (Lipinski definition) is 4. The molecule has 4 heteroatoms. The summed E-state index contributed by atoms with van der Waals surface area (Å²) in [6, 6.07) is 0. The Hall–Kier alpha value is -0.870. The summed E-state index contributed by atoms with van der Waals surface area (Å²) in [5, 5.41) is 10.9. The number of rotatable bonds is 4. The summed E-state index contributed by atoms with van der Waals surface area (Å²) < 4.78 is 5.64. The molecule has 0 bridgehead atoms. The molecule has 0 unspecified atom stereocenters. The molecule has 0 spiro atoms. The Morgan fingerprint density at radius 3 is 2.38 bits per heavy atom. The first-order valence-corrected chi connectivity index (χ1v) is 8.32. The SMILES string of the molecule is C/C=C\[C@@](O)(C(=O)OC1CCN(C)CC1)C1CCCCC1. The summed E-state index contributed by atoms with van der Waals surface area (Å²) in [7, 11) is 2.08. The van der Waals surface area contributed by atoms with E-state index in [-0.39, 0.29) is 12.0 Å². The Morgan fingerprint density at radius 1 is 1.19 bits per heavy atom. The number of likely N-dealkylation sites (tertiary alicyclic amines) is 1. The van der Waals surface area contributed by atoms with Gasteiger partial charge in [-0.2, -0.15) is 0 Å². The van der Waals surface area contributed by atoms with E-state index in [1.165, 1.54) is 6.42 Å². The van der Waals surface area contributed by atoms with Crippen LogP contribution in [0.4, 0.5) is 0 Å². The van der Waals surface area contributed by atoms with Gasteiger partial charge in [-0.15, -0.1) is 0 Å². The van der Waals surface area contributed by atoms with Crippen LogP contribution in [0.5, 0.6) is 0 Å². The molecule has 4 nitrogen and oxygen atoms in total. The Labute approximate surface area is 128 Å². The molecule has 1 saturated heterocycles. The number of esters is 1. The van der Waals surface area contributed by atoms with Crippen molar-refractivity contribution in [2.24, 2.45) is 5.92 Å². The van der Waals surface area contributed by atoms with E-state index in [4.69, 9.17) is 4.74 Å². The van der Waals surface area contributed by atoms with Gasteiger partial charge in [-0.1, -0.05) is 25.3 Å². The molecule has 0 radical (unpaired) electrons. The lowest BCUT2D eigenvalue weighted by Gasteiger charge is -2.36. The average molecular weight is 295 g/mol. The van der Waals surface area contributed by atoms with Crippen molar-refractivity contribution in [2.75, 3.05) is 20.1 Å². The van der Waals surface area contributed by atoms with Gasteiger partial charge in [0.25, 0.3) is 0 Å². The van der Waals surface area contributed by atoms with E-state index in [1.807, 2.05) is 6.92 Å². The number of piperidine rings is 1. The van der Waals surface area contributed by atoms with Crippen LogP contribution in [-0.4, -0.2) is 47.8 Å². The zero-order valence-corrected chi connectivity index (χ0v) is 13.4. The zero-order chi connectivity index (χ0) is 15.3. The van der Waals surface area contributed by atoms with E-state index in [9.17, 15) is 9.90 Å². The van der Waals surface area contributed by atoms with Crippen LogP contribution in [0, 0.1) is 5.92 Å². The number of carbonyl (C=O) groups excluding carboxylic acids is 1. The number of allylic oxidation sites excluding steroid dienone is 1. The summed E-state index contributed by atoms with van der Waals surface area (Å²) >= 11 is 0. The number of aliphatic hydroxyl groups is 1. The minimum absolute atomic E-state index is 0.00112. The third kappa shape index (κ3) is 4.07. The number of ether oxygens (including phenoxy) is 1. The minimum Gasteiger partial charge on any atom is -0.460 e. The fourth-order valence-electron chi connectivity index (χ4n) is 3.52. The van der Waals surface area contributed by atoms with E-state index in [0.29, 0.717) is 0 Å². The predicted molar refractivity (Wildman–Crippen MR) is 82.9 cm³/mol. The molecule has 0 aromatic rings. The second-order valence-corrected chi connectivity index (χ2v) is 6.57. The van der Waals surface area contributed by atoms with Crippen LogP contribution in [-0.2, 0) is 9.53 Å². The van der Waals surface area contributed by atoms with Crippen molar-refractivity contribution in [2.45, 2.75) is 63.6 Å². The second-order valence-electron chi connectivity index (χ2n) is 6.57. The molecule has 2 fully saturated rings. The fraction of sp³-hybridized carbons (Fsp3) is 0.824. The molecule has 2 rings (SSSR count). The maximum Gasteiger partial charge on any atom is 0.342 e. The Morgan fingerprint density at radius 2 is 1.81 bits per heavy atom. The van der Waals surface area contributed by atoms with Crippen molar-refractivity contribution in [3.8, 4) is 0 Å². The van der Waals surface area contributed by atoms with Crippen molar-refractivity contribution >= 4 is 5.97 Å². The highest BCUT2D eigenvalue weighted by molar-refractivity contribution is 5.82. The van der Waals surface area contributed by atoms with E-state index in [1.54, 1.807) is 12.2 Å². The molecule has 1 atom stereocenters. The van der Waals surface area contributed by atoms with Gasteiger partial charge in [0.1, 0.15) is 6.10 Å². The summed E-state index contributed by atoms with van der Waals surface area (Å²) in [5.74, 6) is -0.441. The first kappa shape index (κ1) is 16.5. The number of nitrogens with zero attached hydrogens (tertiary/aromatic N) is 1. The molecule has 21 heavy (non-hydrogen) atoms. The standard InChI is InChI=1S/C17H29NO3/c1-3-11-17(20,14-7-5-4-6-8-14)16(19)21-15-9-12-18(2)13-10-15/h3,11,14-15,20H,4-10,12-13H2,1-2H3/b11-3-/t17-/m0/s1. The van der Waals surface area contributed by atoms with E-state index in [0.717, 1.165) is 51.6 Å². The van der Waals surface area contributed by atoms with Crippen molar-refractivity contribution in [1.29, 1.82) is 0 Å². The zero-order valence-electron chi connectivity index (χ0n) is 13.4. The number of hydrogen-bond donors (Lipinski definition) is 1. The minimum atomic E-state index is -1.43. The molecule has 0 amide bonds. The Balaban J connectivity index is 2.00. The van der Waals surface area contributed by atoms with Gasteiger partial charge in [-0.3, -0.25) is 0 Å². The van der Waals surface area contributed by atoms with E-state index < -0.39 is 11.6 Å². The van der Waals surface area contributed by atoms with Crippen LogP contribution in [0.15, 0.2) is 12.2 Å². The van der Waals surface area contributed by atoms with Crippen LogP contribution >= 0.6 is 0 Å². The van der Waals surface area contributed by atoms with Crippen molar-refractivity contribution in [1.82, 2.24) is 4.90 Å². The monoisotopic (exact) mass is 295 g/mol. The van der Waals surface area contributed by atoms with E-state index >= 15 is 0 Å². The third-order valence-electron chi connectivity index (χ3n) is 4.91. The van der Waals surface area contributed by atoms with Gasteiger partial charge in [0, 0.05) is 19.0 Å². The van der Waals surface area contributed by atoms with E-state index in [2.05, 4.69) is 11.9 Å². The first-order chi connectivity index (χ1) is 10.1. The highest BCUT2D eigenvalue weighted by atomic mass is 16.6. The molecular formula is C17H29NO3. The van der Waals surface area contributed by atoms with Gasteiger partial charge in [0.2, 0.25) is 0 Å². The van der Waals surface area contributed by atoms with Crippen LogP contribution in [0.2, 0.25) is 0 Å². The molecule has 1 N–H and O–H groups in total. The van der Waals surface area contributed by atoms with Gasteiger partial charge in [-0.05, 0) is 45.7 Å². The summed E-state index contributed by atoms with van der Waals surface area (Å²) in [5.41, 5.74) is -1.43. The Bertz CT molecular complexity index is 368. The topological polar surface area (TPSA) is 49.8 Å². The Kier molecular flexibility index (Phi) is 5.82. The molecule has 0 aromatic heterocycles. The van der Waals surface area contributed by atoms with Gasteiger partial charge in [0.15, 0.2) is 5.60 Å². The lowest BCUT2D eigenvalue weighted by atomic mass is 9.76. The molecule has 2 aliphatic rings. The lowest BCUT2D eigenvalue weighted by molar-refractivity contribution is -0.174. The summed E-state index contributed by atoms with van der Waals surface area (Å²) in [6.07, 6.45) is 10.3. The second kappa shape index (κ2) is 7.41. The highest BCUT2D eigenvalue weighted by Crippen LogP contribution is 2.35. The average Bonchev–Trinajstić information content (AvgIpc) is 2.50. The van der Waals surface area contributed by atoms with Crippen molar-refractivity contribution < 1.29 is 14.6 Å². The molecular weight excluding hydrogens is 266 g/mol. The van der Waals surface area contributed by atoms with Gasteiger partial charge in [0.05, 0.1) is 0 Å². The van der Waals surface area contributed by atoms with Crippen LogP contribution in [0.1, 0.15) is 51.9 Å². The normalized spacial score (nSPS) is 25.9. The predicted octanol–water partition coefficient (Wildman–Crippen LogP) is 2.51. The van der Waals surface area contributed by atoms with Crippen molar-refractivity contribution in [3.05, 3.63) is 12.2 Å². The summed E-state index contributed by atoms with van der Waals surface area (Å²) in [4.78, 5) is 14.8. The molecule has 1 aliphatic carbocycles. The van der Waals surface area contributed by atoms with Gasteiger partial charge in [-0.25, -0.2) is 4.79 Å². The molecule has 1 aliphatic heterocycles. The number of carbonyl (C=O) groups is 1. The van der Waals surface area contributed by atoms with Gasteiger partial charge < -0.3 is 14.7 Å². The van der Waals surface area contributed by atoms with Gasteiger partial charge >= 0.3 is 5.97 Å². The van der Waals surface area contributed by atoms with Crippen LogP contribution in [0.3, 0.4) is 0 Å². The quantitative estimate of drug-likeness (QED) is 0.639. The molecule has 120 valence electrons. The maximum atomic E-state index is 12.6. The largest absolute Gasteiger partial charge is 0.460 e. The third-order valence-corrected chi connectivity index (χ3v) is 4.91. The molecule has 0 aromatic carbocycles.